The molecular formula is C14H17NO4. The molecule has 1 aromatic carbocycles. The average molecular weight is 263 g/mol. The van der Waals surface area contributed by atoms with Gasteiger partial charge in [-0.1, -0.05) is 6.42 Å². The minimum Gasteiger partial charge on any atom is -0.478 e. The van der Waals surface area contributed by atoms with Crippen molar-refractivity contribution in [3.63, 3.8) is 0 Å². The van der Waals surface area contributed by atoms with Crippen LogP contribution >= 0.6 is 0 Å². The first kappa shape index (κ1) is 13.4. The van der Waals surface area contributed by atoms with Crippen LogP contribution < -0.4 is 5.32 Å². The minimum absolute atomic E-state index is 0.00652. The third kappa shape index (κ3) is 3.98. The largest absolute Gasteiger partial charge is 0.478 e. The molecule has 102 valence electrons. The Morgan fingerprint density at radius 1 is 1.11 bits per heavy atom. The smallest absolute Gasteiger partial charge is 0.411 e. The number of aromatic carboxylic acids is 1. The zero-order chi connectivity index (χ0) is 13.7. The molecule has 1 aliphatic rings. The van der Waals surface area contributed by atoms with Gasteiger partial charge in [-0.05, 0) is 49.9 Å². The topological polar surface area (TPSA) is 75.6 Å². The van der Waals surface area contributed by atoms with Crippen LogP contribution in [0.5, 0.6) is 0 Å². The van der Waals surface area contributed by atoms with Crippen molar-refractivity contribution >= 4 is 17.7 Å². The highest BCUT2D eigenvalue weighted by Crippen LogP contribution is 2.21. The minimum atomic E-state index is -0.990. The Balaban J connectivity index is 1.85. The van der Waals surface area contributed by atoms with Crippen molar-refractivity contribution in [2.24, 2.45) is 0 Å². The lowest BCUT2D eigenvalue weighted by molar-refractivity contribution is 0.0696. The van der Waals surface area contributed by atoms with E-state index in [1.165, 1.54) is 18.6 Å². The van der Waals surface area contributed by atoms with E-state index in [-0.39, 0.29) is 11.7 Å². The zero-order valence-electron chi connectivity index (χ0n) is 10.6. The quantitative estimate of drug-likeness (QED) is 0.877. The summed E-state index contributed by atoms with van der Waals surface area (Å²) < 4.78 is 5.31. The van der Waals surface area contributed by atoms with Crippen LogP contribution in [-0.2, 0) is 4.74 Å². The summed E-state index contributed by atoms with van der Waals surface area (Å²) in [6.45, 7) is 0. The van der Waals surface area contributed by atoms with E-state index < -0.39 is 12.1 Å². The summed E-state index contributed by atoms with van der Waals surface area (Å²) in [6, 6.07) is 5.98. The van der Waals surface area contributed by atoms with Crippen molar-refractivity contribution in [2.45, 2.75) is 38.2 Å². The molecule has 0 aliphatic heterocycles. The molecule has 1 amide bonds. The van der Waals surface area contributed by atoms with E-state index >= 15 is 0 Å². The summed E-state index contributed by atoms with van der Waals surface area (Å²) >= 11 is 0. The lowest BCUT2D eigenvalue weighted by atomic mass is 9.98. The van der Waals surface area contributed by atoms with Gasteiger partial charge in [0.2, 0.25) is 0 Å². The van der Waals surface area contributed by atoms with Crippen molar-refractivity contribution < 1.29 is 19.4 Å². The number of ether oxygens (including phenoxy) is 1. The van der Waals surface area contributed by atoms with Gasteiger partial charge in [0.25, 0.3) is 0 Å². The fraction of sp³-hybridized carbons (Fsp3) is 0.429. The van der Waals surface area contributed by atoms with Gasteiger partial charge >= 0.3 is 12.1 Å². The Hall–Kier alpha value is -2.04. The number of amides is 1. The second-order valence-corrected chi connectivity index (χ2v) is 4.67. The number of benzene rings is 1. The van der Waals surface area contributed by atoms with Crippen molar-refractivity contribution in [1.29, 1.82) is 0 Å². The molecule has 19 heavy (non-hydrogen) atoms. The van der Waals surface area contributed by atoms with Gasteiger partial charge in [0.1, 0.15) is 6.10 Å². The molecular weight excluding hydrogens is 246 g/mol. The molecule has 0 atom stereocenters. The van der Waals surface area contributed by atoms with Gasteiger partial charge in [-0.3, -0.25) is 5.32 Å². The highest BCUT2D eigenvalue weighted by molar-refractivity contribution is 5.89. The fourth-order valence-corrected chi connectivity index (χ4v) is 2.18. The molecule has 0 bridgehead atoms. The number of carbonyl (C=O) groups excluding carboxylic acids is 1. The molecule has 0 unspecified atom stereocenters. The Morgan fingerprint density at radius 2 is 1.74 bits per heavy atom. The molecule has 0 radical (unpaired) electrons. The monoisotopic (exact) mass is 263 g/mol. The lowest BCUT2D eigenvalue weighted by Crippen LogP contribution is -2.24. The highest BCUT2D eigenvalue weighted by atomic mass is 16.6. The van der Waals surface area contributed by atoms with Gasteiger partial charge in [-0.25, -0.2) is 9.59 Å². The molecule has 2 rings (SSSR count). The van der Waals surface area contributed by atoms with E-state index in [1.807, 2.05) is 0 Å². The first-order valence-corrected chi connectivity index (χ1v) is 6.46. The van der Waals surface area contributed by atoms with E-state index in [9.17, 15) is 9.59 Å². The summed E-state index contributed by atoms with van der Waals surface area (Å²) in [7, 11) is 0. The van der Waals surface area contributed by atoms with Gasteiger partial charge in [0.15, 0.2) is 0 Å². The first-order chi connectivity index (χ1) is 9.15. The summed E-state index contributed by atoms with van der Waals surface area (Å²) in [4.78, 5) is 22.3. The molecule has 1 fully saturated rings. The van der Waals surface area contributed by atoms with E-state index in [0.29, 0.717) is 5.69 Å². The number of carboxylic acids is 1. The number of hydrogen-bond donors (Lipinski definition) is 2. The second-order valence-electron chi connectivity index (χ2n) is 4.67. The number of carbonyl (C=O) groups is 2. The van der Waals surface area contributed by atoms with Gasteiger partial charge in [-0.15, -0.1) is 0 Å². The number of hydrogen-bond acceptors (Lipinski definition) is 3. The van der Waals surface area contributed by atoms with Crippen LogP contribution in [0.25, 0.3) is 0 Å². The van der Waals surface area contributed by atoms with E-state index in [1.54, 1.807) is 12.1 Å². The maximum atomic E-state index is 11.6. The zero-order valence-corrected chi connectivity index (χ0v) is 10.6. The third-order valence-corrected chi connectivity index (χ3v) is 3.20. The van der Waals surface area contributed by atoms with Crippen LogP contribution in [0, 0.1) is 0 Å². The summed E-state index contributed by atoms with van der Waals surface area (Å²) in [5.74, 6) is -0.990. The molecule has 0 saturated heterocycles. The Morgan fingerprint density at radius 3 is 2.32 bits per heavy atom. The Labute approximate surface area is 111 Å². The van der Waals surface area contributed by atoms with E-state index in [0.717, 1.165) is 25.7 Å². The Kier molecular flexibility index (Phi) is 4.39. The van der Waals surface area contributed by atoms with Crippen LogP contribution in [0.4, 0.5) is 10.5 Å². The van der Waals surface area contributed by atoms with Crippen LogP contribution in [0.1, 0.15) is 42.5 Å². The predicted octanol–water partition coefficient (Wildman–Crippen LogP) is 3.27. The lowest BCUT2D eigenvalue weighted by Gasteiger charge is -2.21. The van der Waals surface area contributed by atoms with Gasteiger partial charge in [0, 0.05) is 5.69 Å². The fourth-order valence-electron chi connectivity index (χ4n) is 2.18. The molecule has 0 aromatic heterocycles. The summed E-state index contributed by atoms with van der Waals surface area (Å²) in [6.07, 6.45) is 4.78. The highest BCUT2D eigenvalue weighted by Gasteiger charge is 2.17. The standard InChI is InChI=1S/C14H17NO4/c16-13(17)10-6-8-11(9-7-10)15-14(18)19-12-4-2-1-3-5-12/h6-9,12H,1-5H2,(H,15,18)(H,16,17). The van der Waals surface area contributed by atoms with Crippen molar-refractivity contribution in [2.75, 3.05) is 5.32 Å². The van der Waals surface area contributed by atoms with Crippen LogP contribution in [-0.4, -0.2) is 23.3 Å². The number of nitrogens with one attached hydrogen (secondary N) is 1. The molecule has 5 nitrogen and oxygen atoms in total. The number of anilines is 1. The Bertz CT molecular complexity index is 449. The van der Waals surface area contributed by atoms with Crippen molar-refractivity contribution in [3.05, 3.63) is 29.8 Å². The van der Waals surface area contributed by atoms with Crippen LogP contribution in [0.3, 0.4) is 0 Å². The van der Waals surface area contributed by atoms with Crippen molar-refractivity contribution in [1.82, 2.24) is 0 Å². The van der Waals surface area contributed by atoms with E-state index in [4.69, 9.17) is 9.84 Å². The molecule has 2 N–H and O–H groups in total. The normalized spacial score (nSPS) is 15.8. The van der Waals surface area contributed by atoms with Crippen molar-refractivity contribution in [3.8, 4) is 0 Å². The molecule has 1 saturated carbocycles. The van der Waals surface area contributed by atoms with Gasteiger partial charge in [0.05, 0.1) is 5.56 Å². The second kappa shape index (κ2) is 6.22. The third-order valence-electron chi connectivity index (χ3n) is 3.20. The SMILES string of the molecule is O=C(Nc1ccc(C(=O)O)cc1)OC1CCCCC1. The first-order valence-electron chi connectivity index (χ1n) is 6.46. The number of rotatable bonds is 3. The molecule has 1 aliphatic carbocycles. The van der Waals surface area contributed by atoms with Crippen LogP contribution in [0.15, 0.2) is 24.3 Å². The maximum Gasteiger partial charge on any atom is 0.411 e. The number of carboxylic acid groups (broad SMARTS) is 1. The van der Waals surface area contributed by atoms with Gasteiger partial charge < -0.3 is 9.84 Å². The summed E-state index contributed by atoms with van der Waals surface area (Å²) in [5.41, 5.74) is 0.719. The van der Waals surface area contributed by atoms with Gasteiger partial charge in [-0.2, -0.15) is 0 Å². The molecule has 5 heteroatoms. The average Bonchev–Trinajstić information content (AvgIpc) is 2.40. The maximum absolute atomic E-state index is 11.6. The molecule has 1 aromatic rings. The predicted molar refractivity (Wildman–Crippen MR) is 70.4 cm³/mol. The summed E-state index contributed by atoms with van der Waals surface area (Å²) in [5, 5.41) is 11.4. The van der Waals surface area contributed by atoms with Crippen LogP contribution in [0.2, 0.25) is 0 Å². The van der Waals surface area contributed by atoms with E-state index in [2.05, 4.69) is 5.32 Å². The molecule has 0 heterocycles. The molecule has 0 spiro atoms.